The SMILES string of the molecule is O=C(NCc1cccnc1)c1cc(-c2ccccc2F)nc2cc(-c3ccccc3)nn12. The number of hydrogen-bond acceptors (Lipinski definition) is 4. The Morgan fingerprint density at radius 2 is 1.75 bits per heavy atom. The smallest absolute Gasteiger partial charge is 0.270 e. The Hall–Kier alpha value is -4.39. The molecule has 0 aliphatic heterocycles. The Labute approximate surface area is 183 Å². The Morgan fingerprint density at radius 1 is 0.938 bits per heavy atom. The highest BCUT2D eigenvalue weighted by Crippen LogP contribution is 2.25. The van der Waals surface area contributed by atoms with E-state index in [1.54, 1.807) is 42.7 Å². The van der Waals surface area contributed by atoms with Crippen LogP contribution in [0.4, 0.5) is 4.39 Å². The molecule has 1 N–H and O–H groups in total. The molecule has 1 amide bonds. The molecule has 0 spiro atoms. The van der Waals surface area contributed by atoms with Crippen molar-refractivity contribution in [2.75, 3.05) is 0 Å². The van der Waals surface area contributed by atoms with E-state index in [-0.39, 0.29) is 11.6 Å². The lowest BCUT2D eigenvalue weighted by atomic mass is 10.1. The first-order valence-electron chi connectivity index (χ1n) is 10.1. The van der Waals surface area contributed by atoms with Crippen molar-refractivity contribution in [1.82, 2.24) is 24.9 Å². The largest absolute Gasteiger partial charge is 0.347 e. The number of nitrogens with one attached hydrogen (secondary N) is 1. The number of carbonyl (C=O) groups is 1. The van der Waals surface area contributed by atoms with Gasteiger partial charge < -0.3 is 5.32 Å². The molecule has 0 unspecified atom stereocenters. The van der Waals surface area contributed by atoms with Gasteiger partial charge in [-0.1, -0.05) is 48.5 Å². The summed E-state index contributed by atoms with van der Waals surface area (Å²) in [5, 5.41) is 7.49. The van der Waals surface area contributed by atoms with Crippen molar-refractivity contribution in [2.24, 2.45) is 0 Å². The van der Waals surface area contributed by atoms with Gasteiger partial charge in [0.05, 0.1) is 11.4 Å². The fraction of sp³-hybridized carbons (Fsp3) is 0.0400. The molecule has 3 heterocycles. The van der Waals surface area contributed by atoms with E-state index in [1.165, 1.54) is 10.6 Å². The van der Waals surface area contributed by atoms with Crippen molar-refractivity contribution in [2.45, 2.75) is 6.54 Å². The average Bonchev–Trinajstić information content (AvgIpc) is 3.28. The van der Waals surface area contributed by atoms with Gasteiger partial charge in [-0.2, -0.15) is 5.10 Å². The van der Waals surface area contributed by atoms with Crippen LogP contribution in [0.3, 0.4) is 0 Å². The topological polar surface area (TPSA) is 72.2 Å². The number of halogens is 1. The van der Waals surface area contributed by atoms with Crippen LogP contribution in [0.25, 0.3) is 28.2 Å². The minimum atomic E-state index is -0.408. The van der Waals surface area contributed by atoms with Crippen LogP contribution in [-0.4, -0.2) is 25.5 Å². The second-order valence-corrected chi connectivity index (χ2v) is 7.22. The molecule has 0 saturated heterocycles. The molecule has 0 bridgehead atoms. The maximum Gasteiger partial charge on any atom is 0.270 e. The third-order valence-corrected chi connectivity index (χ3v) is 5.06. The zero-order valence-electron chi connectivity index (χ0n) is 16.9. The summed E-state index contributed by atoms with van der Waals surface area (Å²) in [5.74, 6) is -0.754. The number of aromatic nitrogens is 4. The van der Waals surface area contributed by atoms with Crippen LogP contribution in [0.1, 0.15) is 16.1 Å². The third-order valence-electron chi connectivity index (χ3n) is 5.06. The number of benzene rings is 2. The second-order valence-electron chi connectivity index (χ2n) is 7.22. The third kappa shape index (κ3) is 3.83. The quantitative estimate of drug-likeness (QED) is 0.451. The second kappa shape index (κ2) is 8.39. The van der Waals surface area contributed by atoms with Gasteiger partial charge in [0.25, 0.3) is 5.91 Å². The predicted molar refractivity (Wildman–Crippen MR) is 119 cm³/mol. The summed E-state index contributed by atoms with van der Waals surface area (Å²) in [7, 11) is 0. The molecule has 5 rings (SSSR count). The van der Waals surface area contributed by atoms with Gasteiger partial charge in [-0.15, -0.1) is 0 Å². The van der Waals surface area contributed by atoms with E-state index in [0.717, 1.165) is 11.1 Å². The fourth-order valence-corrected chi connectivity index (χ4v) is 3.47. The van der Waals surface area contributed by atoms with Crippen LogP contribution in [0.5, 0.6) is 0 Å². The van der Waals surface area contributed by atoms with Gasteiger partial charge in [0.1, 0.15) is 11.5 Å². The molecular weight excluding hydrogens is 405 g/mol. The average molecular weight is 423 g/mol. The molecule has 3 aromatic heterocycles. The van der Waals surface area contributed by atoms with Crippen molar-refractivity contribution in [3.05, 3.63) is 108 Å². The highest BCUT2D eigenvalue weighted by Gasteiger charge is 2.18. The lowest BCUT2D eigenvalue weighted by Crippen LogP contribution is -2.25. The molecule has 0 saturated carbocycles. The van der Waals surface area contributed by atoms with Crippen LogP contribution < -0.4 is 5.32 Å². The van der Waals surface area contributed by atoms with Crippen molar-refractivity contribution in [3.8, 4) is 22.5 Å². The summed E-state index contributed by atoms with van der Waals surface area (Å²) in [4.78, 5) is 21.8. The van der Waals surface area contributed by atoms with Gasteiger partial charge in [-0.25, -0.2) is 13.9 Å². The van der Waals surface area contributed by atoms with Gasteiger partial charge in [-0.3, -0.25) is 9.78 Å². The molecule has 0 fully saturated rings. The van der Waals surface area contributed by atoms with Crippen LogP contribution in [0, 0.1) is 5.82 Å². The summed E-state index contributed by atoms with van der Waals surface area (Å²) >= 11 is 0. The molecule has 2 aromatic carbocycles. The highest BCUT2D eigenvalue weighted by atomic mass is 19.1. The van der Waals surface area contributed by atoms with Crippen LogP contribution in [-0.2, 0) is 6.54 Å². The molecule has 32 heavy (non-hydrogen) atoms. The van der Waals surface area contributed by atoms with Crippen molar-refractivity contribution in [1.29, 1.82) is 0 Å². The Morgan fingerprint density at radius 3 is 2.53 bits per heavy atom. The van der Waals surface area contributed by atoms with Crippen molar-refractivity contribution >= 4 is 11.6 Å². The first-order chi connectivity index (χ1) is 15.7. The van der Waals surface area contributed by atoms with E-state index >= 15 is 0 Å². The molecule has 0 radical (unpaired) electrons. The highest BCUT2D eigenvalue weighted by molar-refractivity contribution is 5.94. The van der Waals surface area contributed by atoms with Crippen molar-refractivity contribution in [3.63, 3.8) is 0 Å². The van der Waals surface area contributed by atoms with Gasteiger partial charge in [0, 0.05) is 36.1 Å². The zero-order chi connectivity index (χ0) is 21.9. The number of amides is 1. The maximum absolute atomic E-state index is 14.5. The van der Waals surface area contributed by atoms with Crippen LogP contribution in [0.2, 0.25) is 0 Å². The van der Waals surface area contributed by atoms with Crippen LogP contribution in [0.15, 0.2) is 91.3 Å². The first kappa shape index (κ1) is 19.6. The summed E-state index contributed by atoms with van der Waals surface area (Å²) in [6.45, 7) is 0.304. The Kier molecular flexibility index (Phi) is 5.13. The number of nitrogens with zero attached hydrogens (tertiary/aromatic N) is 4. The van der Waals surface area contributed by atoms with Gasteiger partial charge >= 0.3 is 0 Å². The van der Waals surface area contributed by atoms with E-state index in [4.69, 9.17) is 0 Å². The fourth-order valence-electron chi connectivity index (χ4n) is 3.47. The van der Waals surface area contributed by atoms with Crippen molar-refractivity contribution < 1.29 is 9.18 Å². The molecule has 6 nitrogen and oxygen atoms in total. The normalized spacial score (nSPS) is 10.9. The van der Waals surface area contributed by atoms with E-state index in [9.17, 15) is 9.18 Å². The molecule has 5 aromatic rings. The summed E-state index contributed by atoms with van der Waals surface area (Å²) in [6.07, 6.45) is 3.36. The van der Waals surface area contributed by atoms with Gasteiger partial charge in [0.2, 0.25) is 0 Å². The van der Waals surface area contributed by atoms with E-state index in [1.807, 2.05) is 42.5 Å². The lowest BCUT2D eigenvalue weighted by Gasteiger charge is -2.10. The molecule has 7 heteroatoms. The van der Waals surface area contributed by atoms with Crippen LogP contribution >= 0.6 is 0 Å². The summed E-state index contributed by atoms with van der Waals surface area (Å²) < 4.78 is 16.0. The molecule has 156 valence electrons. The minimum Gasteiger partial charge on any atom is -0.347 e. The predicted octanol–water partition coefficient (Wildman–Crippen LogP) is 4.53. The van der Waals surface area contributed by atoms with Gasteiger partial charge in [-0.05, 0) is 29.8 Å². The summed E-state index contributed by atoms with van der Waals surface area (Å²) in [6, 6.07) is 23.0. The monoisotopic (exact) mass is 423 g/mol. The minimum absolute atomic E-state index is 0.263. The van der Waals surface area contributed by atoms with E-state index < -0.39 is 5.82 Å². The number of carbonyl (C=O) groups excluding carboxylic acids is 1. The Bertz CT molecular complexity index is 1400. The zero-order valence-corrected chi connectivity index (χ0v) is 16.9. The lowest BCUT2D eigenvalue weighted by molar-refractivity contribution is 0.0943. The Balaban J connectivity index is 1.60. The standard InChI is InChI=1S/C25H18FN5O/c26-20-11-5-4-10-19(20)22-13-23(25(32)28-16-17-7-6-12-27-15-17)31-24(29-22)14-21(30-31)18-8-2-1-3-9-18/h1-15H,16H2,(H,28,32). The number of rotatable bonds is 5. The molecule has 0 atom stereocenters. The van der Waals surface area contributed by atoms with E-state index in [0.29, 0.717) is 29.1 Å². The number of pyridine rings is 1. The first-order valence-corrected chi connectivity index (χ1v) is 10.1. The number of fused-ring (bicyclic) bond motifs is 1. The number of hydrogen-bond donors (Lipinski definition) is 1. The molecule has 0 aliphatic rings. The summed E-state index contributed by atoms with van der Waals surface area (Å²) in [5.41, 5.74) is 3.83. The molecular formula is C25H18FN5O. The molecule has 0 aliphatic carbocycles. The van der Waals surface area contributed by atoms with Gasteiger partial charge in [0.15, 0.2) is 5.65 Å². The van der Waals surface area contributed by atoms with E-state index in [2.05, 4.69) is 20.4 Å². The maximum atomic E-state index is 14.5.